The Morgan fingerprint density at radius 1 is 1.00 bits per heavy atom. The number of hydrogen-bond donors (Lipinski definition) is 1. The summed E-state index contributed by atoms with van der Waals surface area (Å²) in [6, 6.07) is 13.0. The zero-order valence-corrected chi connectivity index (χ0v) is 12.8. The smallest absolute Gasteiger partial charge is 0.315 e. The highest BCUT2D eigenvalue weighted by atomic mass is 19.3. The lowest BCUT2D eigenvalue weighted by molar-refractivity contribution is -0.132. The molecule has 0 radical (unpaired) electrons. The molecular formula is C17H17F2NO3. The summed E-state index contributed by atoms with van der Waals surface area (Å²) in [7, 11) is 3.02. The number of carbonyl (C=O) groups is 1. The molecule has 0 spiro atoms. The quantitative estimate of drug-likeness (QED) is 0.889. The molecule has 0 aliphatic carbocycles. The Morgan fingerprint density at radius 2 is 1.65 bits per heavy atom. The molecule has 1 atom stereocenters. The van der Waals surface area contributed by atoms with E-state index in [2.05, 4.69) is 5.32 Å². The zero-order chi connectivity index (χ0) is 16.8. The third kappa shape index (κ3) is 3.97. The lowest BCUT2D eigenvalue weighted by Crippen LogP contribution is -2.34. The van der Waals surface area contributed by atoms with Gasteiger partial charge in [-0.3, -0.25) is 4.79 Å². The van der Waals surface area contributed by atoms with Crippen molar-refractivity contribution in [3.05, 3.63) is 59.7 Å². The standard InChI is InChI=1S/C17H17F2NO3/c1-22-12-9-7-11(8-10-12)15(20-17(21)16(18)19)13-5-3-4-6-14(13)23-2/h3-10,15-16H,1-2H3,(H,20,21). The third-order valence-electron chi connectivity index (χ3n) is 3.38. The highest BCUT2D eigenvalue weighted by molar-refractivity contribution is 5.80. The van der Waals surface area contributed by atoms with Crippen molar-refractivity contribution in [3.8, 4) is 11.5 Å². The van der Waals surface area contributed by atoms with Gasteiger partial charge in [-0.2, -0.15) is 8.78 Å². The van der Waals surface area contributed by atoms with Gasteiger partial charge in [-0.25, -0.2) is 0 Å². The third-order valence-corrected chi connectivity index (χ3v) is 3.38. The zero-order valence-electron chi connectivity index (χ0n) is 12.8. The van der Waals surface area contributed by atoms with Gasteiger partial charge in [0.1, 0.15) is 11.5 Å². The summed E-state index contributed by atoms with van der Waals surface area (Å²) >= 11 is 0. The van der Waals surface area contributed by atoms with Crippen LogP contribution in [-0.4, -0.2) is 26.6 Å². The van der Waals surface area contributed by atoms with E-state index in [4.69, 9.17) is 9.47 Å². The molecule has 0 aliphatic rings. The molecule has 2 rings (SSSR count). The van der Waals surface area contributed by atoms with E-state index in [1.807, 2.05) is 0 Å². The number of para-hydroxylation sites is 1. The van der Waals surface area contributed by atoms with Crippen LogP contribution in [0, 0.1) is 0 Å². The Balaban J connectivity index is 2.43. The molecule has 1 N–H and O–H groups in total. The van der Waals surface area contributed by atoms with Crippen LogP contribution in [0.15, 0.2) is 48.5 Å². The van der Waals surface area contributed by atoms with E-state index < -0.39 is 18.4 Å². The Bertz CT molecular complexity index is 659. The van der Waals surface area contributed by atoms with E-state index in [9.17, 15) is 13.6 Å². The van der Waals surface area contributed by atoms with E-state index >= 15 is 0 Å². The molecule has 0 saturated carbocycles. The number of methoxy groups -OCH3 is 2. The summed E-state index contributed by atoms with van der Waals surface area (Å²) < 4.78 is 35.7. The molecule has 23 heavy (non-hydrogen) atoms. The monoisotopic (exact) mass is 321 g/mol. The molecule has 0 heterocycles. The summed E-state index contributed by atoms with van der Waals surface area (Å²) in [6.07, 6.45) is -3.09. The van der Waals surface area contributed by atoms with Crippen LogP contribution in [0.2, 0.25) is 0 Å². The minimum Gasteiger partial charge on any atom is -0.497 e. The van der Waals surface area contributed by atoms with Crippen LogP contribution in [0.1, 0.15) is 17.2 Å². The maximum absolute atomic E-state index is 12.7. The maximum Gasteiger partial charge on any atom is 0.315 e. The Hall–Kier alpha value is -2.63. The fourth-order valence-corrected chi connectivity index (χ4v) is 2.25. The second-order valence-corrected chi connectivity index (χ2v) is 4.76. The van der Waals surface area contributed by atoms with Crippen molar-refractivity contribution in [2.45, 2.75) is 12.5 Å². The summed E-state index contributed by atoms with van der Waals surface area (Å²) in [5.74, 6) is -0.202. The molecule has 0 saturated heterocycles. The van der Waals surface area contributed by atoms with Gasteiger partial charge in [0.15, 0.2) is 0 Å². The Kier molecular flexibility index (Phi) is 5.51. The van der Waals surface area contributed by atoms with Gasteiger partial charge < -0.3 is 14.8 Å². The van der Waals surface area contributed by atoms with Crippen molar-refractivity contribution in [1.29, 1.82) is 0 Å². The Labute approximate surface area is 133 Å². The fraction of sp³-hybridized carbons (Fsp3) is 0.235. The van der Waals surface area contributed by atoms with E-state index in [0.29, 0.717) is 22.6 Å². The van der Waals surface area contributed by atoms with Crippen molar-refractivity contribution in [2.24, 2.45) is 0 Å². The van der Waals surface area contributed by atoms with Crippen LogP contribution in [-0.2, 0) is 4.79 Å². The molecule has 2 aromatic rings. The first-order chi connectivity index (χ1) is 11.1. The SMILES string of the molecule is COc1ccc(C(NC(=O)C(F)F)c2ccccc2OC)cc1. The lowest BCUT2D eigenvalue weighted by Gasteiger charge is -2.22. The lowest BCUT2D eigenvalue weighted by atomic mass is 9.97. The van der Waals surface area contributed by atoms with Gasteiger partial charge in [-0.05, 0) is 23.8 Å². The first kappa shape index (κ1) is 16.7. The first-order valence-electron chi connectivity index (χ1n) is 6.92. The predicted molar refractivity (Wildman–Crippen MR) is 82.0 cm³/mol. The molecule has 6 heteroatoms. The van der Waals surface area contributed by atoms with Crippen molar-refractivity contribution < 1.29 is 23.0 Å². The van der Waals surface area contributed by atoms with Gasteiger partial charge in [0.05, 0.1) is 20.3 Å². The van der Waals surface area contributed by atoms with Crippen LogP contribution in [0.4, 0.5) is 8.78 Å². The average molecular weight is 321 g/mol. The number of hydrogen-bond acceptors (Lipinski definition) is 3. The van der Waals surface area contributed by atoms with E-state index in [0.717, 1.165) is 0 Å². The summed E-state index contributed by atoms with van der Waals surface area (Å²) in [6.45, 7) is 0. The predicted octanol–water partition coefficient (Wildman–Crippen LogP) is 3.17. The normalized spacial score (nSPS) is 11.9. The number of rotatable bonds is 6. The summed E-state index contributed by atoms with van der Waals surface area (Å²) in [4.78, 5) is 11.5. The highest BCUT2D eigenvalue weighted by Gasteiger charge is 2.24. The highest BCUT2D eigenvalue weighted by Crippen LogP contribution is 2.31. The molecule has 1 amide bonds. The molecule has 0 fully saturated rings. The van der Waals surface area contributed by atoms with E-state index in [1.54, 1.807) is 48.5 Å². The van der Waals surface area contributed by atoms with Crippen LogP contribution in [0.3, 0.4) is 0 Å². The minimum atomic E-state index is -3.09. The first-order valence-corrected chi connectivity index (χ1v) is 6.92. The minimum absolute atomic E-state index is 0.503. The van der Waals surface area contributed by atoms with Crippen LogP contribution < -0.4 is 14.8 Å². The molecule has 4 nitrogen and oxygen atoms in total. The number of amides is 1. The number of nitrogens with one attached hydrogen (secondary N) is 1. The van der Waals surface area contributed by atoms with Crippen molar-refractivity contribution >= 4 is 5.91 Å². The van der Waals surface area contributed by atoms with E-state index in [1.165, 1.54) is 14.2 Å². The molecular weight excluding hydrogens is 304 g/mol. The molecule has 0 aromatic heterocycles. The van der Waals surface area contributed by atoms with Crippen LogP contribution in [0.5, 0.6) is 11.5 Å². The maximum atomic E-state index is 12.7. The topological polar surface area (TPSA) is 47.6 Å². The van der Waals surface area contributed by atoms with Gasteiger partial charge in [0.2, 0.25) is 0 Å². The fourth-order valence-electron chi connectivity index (χ4n) is 2.25. The number of alkyl halides is 2. The van der Waals surface area contributed by atoms with Crippen molar-refractivity contribution in [2.75, 3.05) is 14.2 Å². The molecule has 1 unspecified atom stereocenters. The molecule has 122 valence electrons. The van der Waals surface area contributed by atoms with Crippen LogP contribution in [0.25, 0.3) is 0 Å². The second-order valence-electron chi connectivity index (χ2n) is 4.76. The number of benzene rings is 2. The summed E-state index contributed by atoms with van der Waals surface area (Å²) in [5.41, 5.74) is 1.23. The van der Waals surface area contributed by atoms with Crippen molar-refractivity contribution in [1.82, 2.24) is 5.32 Å². The number of carbonyl (C=O) groups excluding carboxylic acids is 1. The molecule has 0 aliphatic heterocycles. The number of ether oxygens (including phenoxy) is 2. The second kappa shape index (κ2) is 7.58. The van der Waals surface area contributed by atoms with Gasteiger partial charge >= 0.3 is 6.43 Å². The van der Waals surface area contributed by atoms with Gasteiger partial charge in [-0.1, -0.05) is 30.3 Å². The Morgan fingerprint density at radius 3 is 2.22 bits per heavy atom. The van der Waals surface area contributed by atoms with Crippen molar-refractivity contribution in [3.63, 3.8) is 0 Å². The number of halogens is 2. The molecule has 2 aromatic carbocycles. The molecule has 0 bridgehead atoms. The van der Waals surface area contributed by atoms with Crippen LogP contribution >= 0.6 is 0 Å². The average Bonchev–Trinajstić information content (AvgIpc) is 2.59. The van der Waals surface area contributed by atoms with Gasteiger partial charge in [0, 0.05) is 5.56 Å². The van der Waals surface area contributed by atoms with Gasteiger partial charge in [-0.15, -0.1) is 0 Å². The summed E-state index contributed by atoms with van der Waals surface area (Å²) in [5, 5.41) is 2.35. The van der Waals surface area contributed by atoms with E-state index in [-0.39, 0.29) is 0 Å². The van der Waals surface area contributed by atoms with Gasteiger partial charge in [0.25, 0.3) is 5.91 Å². The largest absolute Gasteiger partial charge is 0.497 e.